The van der Waals surface area contributed by atoms with Gasteiger partial charge in [-0.15, -0.1) is 10.2 Å². The van der Waals surface area contributed by atoms with E-state index in [4.69, 9.17) is 10.5 Å². The van der Waals surface area contributed by atoms with Gasteiger partial charge in [0.25, 0.3) is 0 Å². The molecule has 0 amide bonds. The van der Waals surface area contributed by atoms with Crippen LogP contribution in [0.5, 0.6) is 5.75 Å². The minimum atomic E-state index is 0.00324. The monoisotopic (exact) mass is 348 g/mol. The van der Waals surface area contributed by atoms with Crippen molar-refractivity contribution < 1.29 is 4.74 Å². The van der Waals surface area contributed by atoms with Crippen LogP contribution in [-0.4, -0.2) is 36.9 Å². The predicted octanol–water partition coefficient (Wildman–Crippen LogP) is 2.26. The van der Waals surface area contributed by atoms with E-state index in [9.17, 15) is 0 Å². The molecule has 0 atom stereocenters. The number of hydrogen-bond acceptors (Lipinski definition) is 6. The summed E-state index contributed by atoms with van der Waals surface area (Å²) in [5, 5.41) is 9.02. The summed E-state index contributed by atoms with van der Waals surface area (Å²) in [5.41, 5.74) is 8.01. The highest BCUT2D eigenvalue weighted by molar-refractivity contribution is 5.56. The smallest absolute Gasteiger partial charge is 0.187 e. The van der Waals surface area contributed by atoms with Crippen LogP contribution in [0.3, 0.4) is 0 Å². The SMILES string of the molecule is CCOc1ccc(-c2nnc(C34CC(N)(C3)C4)n2-c2cccnc2)nc1. The number of ether oxygens (including phenoxy) is 1. The van der Waals surface area contributed by atoms with Gasteiger partial charge in [0.1, 0.15) is 17.3 Å². The first-order chi connectivity index (χ1) is 12.6. The Kier molecular flexibility index (Phi) is 3.18. The van der Waals surface area contributed by atoms with Gasteiger partial charge in [-0.1, -0.05) is 0 Å². The predicted molar refractivity (Wildman–Crippen MR) is 96.0 cm³/mol. The van der Waals surface area contributed by atoms with E-state index >= 15 is 0 Å². The van der Waals surface area contributed by atoms with Crippen molar-refractivity contribution >= 4 is 0 Å². The van der Waals surface area contributed by atoms with Crippen LogP contribution in [0.1, 0.15) is 32.0 Å². The highest BCUT2D eigenvalue weighted by atomic mass is 16.5. The molecule has 0 aromatic carbocycles. The summed E-state index contributed by atoms with van der Waals surface area (Å²) in [6, 6.07) is 7.75. The van der Waals surface area contributed by atoms with Crippen molar-refractivity contribution in [3.05, 3.63) is 48.7 Å². The van der Waals surface area contributed by atoms with Crippen LogP contribution in [0.25, 0.3) is 17.2 Å². The maximum Gasteiger partial charge on any atom is 0.187 e. The Morgan fingerprint density at radius 2 is 2.00 bits per heavy atom. The van der Waals surface area contributed by atoms with Gasteiger partial charge in [-0.25, -0.2) is 4.98 Å². The lowest BCUT2D eigenvalue weighted by atomic mass is 9.39. The molecule has 0 unspecified atom stereocenters. The van der Waals surface area contributed by atoms with Crippen LogP contribution in [0.4, 0.5) is 0 Å². The first-order valence-corrected chi connectivity index (χ1v) is 8.87. The molecule has 7 heteroatoms. The Balaban J connectivity index is 1.61. The van der Waals surface area contributed by atoms with E-state index in [1.165, 1.54) is 0 Å². The molecule has 3 saturated carbocycles. The van der Waals surface area contributed by atoms with Gasteiger partial charge in [0.15, 0.2) is 5.82 Å². The molecule has 7 nitrogen and oxygen atoms in total. The molecule has 0 saturated heterocycles. The average molecular weight is 348 g/mol. The minimum Gasteiger partial charge on any atom is -0.492 e. The van der Waals surface area contributed by atoms with Gasteiger partial charge >= 0.3 is 0 Å². The number of hydrogen-bond donors (Lipinski definition) is 1. The second kappa shape index (κ2) is 5.35. The van der Waals surface area contributed by atoms with Crippen molar-refractivity contribution in [3.8, 4) is 23.0 Å². The Morgan fingerprint density at radius 3 is 2.62 bits per heavy atom. The Morgan fingerprint density at radius 1 is 1.15 bits per heavy atom. The number of aromatic nitrogens is 5. The van der Waals surface area contributed by atoms with Crippen molar-refractivity contribution in [1.82, 2.24) is 24.7 Å². The van der Waals surface area contributed by atoms with Crippen molar-refractivity contribution in [2.75, 3.05) is 6.61 Å². The molecule has 3 aliphatic rings. The first-order valence-electron chi connectivity index (χ1n) is 8.87. The van der Waals surface area contributed by atoms with E-state index in [0.29, 0.717) is 12.4 Å². The maximum absolute atomic E-state index is 6.27. The third-order valence-corrected chi connectivity index (χ3v) is 5.39. The zero-order valence-corrected chi connectivity index (χ0v) is 14.6. The summed E-state index contributed by atoms with van der Waals surface area (Å²) >= 11 is 0. The first kappa shape index (κ1) is 15.5. The lowest BCUT2D eigenvalue weighted by Gasteiger charge is -2.68. The van der Waals surface area contributed by atoms with Crippen LogP contribution in [0.2, 0.25) is 0 Å². The quantitative estimate of drug-likeness (QED) is 0.760. The third-order valence-electron chi connectivity index (χ3n) is 5.39. The van der Waals surface area contributed by atoms with E-state index in [1.807, 2.05) is 37.4 Å². The Hall–Kier alpha value is -2.80. The molecule has 132 valence electrons. The second-order valence-electron chi connectivity index (χ2n) is 7.38. The van der Waals surface area contributed by atoms with E-state index < -0.39 is 0 Å². The summed E-state index contributed by atoms with van der Waals surface area (Å²) in [4.78, 5) is 8.79. The molecule has 3 aromatic heterocycles. The Labute approximate surface area is 151 Å². The van der Waals surface area contributed by atoms with E-state index in [2.05, 4.69) is 24.7 Å². The van der Waals surface area contributed by atoms with Crippen molar-refractivity contribution in [3.63, 3.8) is 0 Å². The van der Waals surface area contributed by atoms with E-state index in [0.717, 1.165) is 42.2 Å². The molecule has 3 aromatic rings. The average Bonchev–Trinajstić information content (AvgIpc) is 3.05. The highest BCUT2D eigenvalue weighted by Gasteiger charge is 2.68. The molecule has 3 fully saturated rings. The summed E-state index contributed by atoms with van der Waals surface area (Å²) in [6.07, 6.45) is 8.21. The van der Waals surface area contributed by atoms with Crippen LogP contribution in [0.15, 0.2) is 42.9 Å². The molecule has 0 spiro atoms. The van der Waals surface area contributed by atoms with E-state index in [1.54, 1.807) is 12.4 Å². The molecule has 2 N–H and O–H groups in total. The van der Waals surface area contributed by atoms with Crippen LogP contribution in [-0.2, 0) is 5.41 Å². The molecule has 3 aliphatic carbocycles. The van der Waals surface area contributed by atoms with Gasteiger partial charge in [-0.3, -0.25) is 9.55 Å². The standard InChI is InChI=1S/C19H20N6O/c1-2-26-14-5-6-15(22-9-14)16-23-24-17(18-10-19(20,11-18)12-18)25(16)13-4-3-7-21-8-13/h3-9H,2,10-12,20H2,1H3. The zero-order valence-electron chi connectivity index (χ0n) is 14.6. The lowest BCUT2D eigenvalue weighted by molar-refractivity contribution is -0.0663. The maximum atomic E-state index is 6.27. The van der Waals surface area contributed by atoms with Crippen LogP contribution in [0, 0.1) is 0 Å². The van der Waals surface area contributed by atoms with Crippen molar-refractivity contribution in [1.29, 1.82) is 0 Å². The van der Waals surface area contributed by atoms with Gasteiger partial charge in [0.2, 0.25) is 0 Å². The molecule has 26 heavy (non-hydrogen) atoms. The van der Waals surface area contributed by atoms with Gasteiger partial charge in [-0.05, 0) is 50.5 Å². The number of rotatable bonds is 5. The largest absolute Gasteiger partial charge is 0.492 e. The van der Waals surface area contributed by atoms with Crippen LogP contribution >= 0.6 is 0 Å². The highest BCUT2D eigenvalue weighted by Crippen LogP contribution is 2.66. The molecule has 6 rings (SSSR count). The molecule has 2 bridgehead atoms. The fraction of sp³-hybridized carbons (Fsp3) is 0.368. The molecule has 0 aliphatic heterocycles. The minimum absolute atomic E-state index is 0.00324. The molecular formula is C19H20N6O. The number of nitrogens with two attached hydrogens (primary N) is 1. The van der Waals surface area contributed by atoms with Crippen molar-refractivity contribution in [2.45, 2.75) is 37.1 Å². The fourth-order valence-corrected chi connectivity index (χ4v) is 4.39. The van der Waals surface area contributed by atoms with Gasteiger partial charge in [-0.2, -0.15) is 0 Å². The van der Waals surface area contributed by atoms with Gasteiger partial charge in [0.05, 0.1) is 24.7 Å². The number of nitrogens with zero attached hydrogens (tertiary/aromatic N) is 5. The number of pyridine rings is 2. The topological polar surface area (TPSA) is 91.7 Å². The molecular weight excluding hydrogens is 328 g/mol. The van der Waals surface area contributed by atoms with Gasteiger partial charge in [0, 0.05) is 17.2 Å². The fourth-order valence-electron chi connectivity index (χ4n) is 4.39. The molecule has 0 radical (unpaired) electrons. The summed E-state index contributed by atoms with van der Waals surface area (Å²) < 4.78 is 7.56. The lowest BCUT2D eigenvalue weighted by Crippen LogP contribution is -2.75. The zero-order chi connectivity index (χ0) is 17.8. The van der Waals surface area contributed by atoms with E-state index in [-0.39, 0.29) is 11.0 Å². The van der Waals surface area contributed by atoms with Crippen molar-refractivity contribution in [2.24, 2.45) is 5.73 Å². The van der Waals surface area contributed by atoms with Crippen LogP contribution < -0.4 is 10.5 Å². The summed E-state index contributed by atoms with van der Waals surface area (Å²) in [5.74, 6) is 2.42. The summed E-state index contributed by atoms with van der Waals surface area (Å²) in [7, 11) is 0. The summed E-state index contributed by atoms with van der Waals surface area (Å²) in [6.45, 7) is 2.56. The van der Waals surface area contributed by atoms with Gasteiger partial charge < -0.3 is 10.5 Å². The normalized spacial score (nSPS) is 26.1. The Bertz CT molecular complexity index is 930. The third kappa shape index (κ3) is 2.17. The molecule has 3 heterocycles. The second-order valence-corrected chi connectivity index (χ2v) is 7.38.